The van der Waals surface area contributed by atoms with Gasteiger partial charge in [-0.15, -0.1) is 11.8 Å². The number of halogens is 7. The van der Waals surface area contributed by atoms with Gasteiger partial charge in [0.2, 0.25) is 0 Å². The van der Waals surface area contributed by atoms with Crippen molar-refractivity contribution >= 4 is 17.4 Å². The van der Waals surface area contributed by atoms with Gasteiger partial charge in [0.25, 0.3) is 0 Å². The van der Waals surface area contributed by atoms with Crippen molar-refractivity contribution in [1.82, 2.24) is 0 Å². The molecule has 0 aliphatic heterocycles. The normalized spacial score (nSPS) is 13.7. The van der Waals surface area contributed by atoms with Gasteiger partial charge in [-0.2, -0.15) is 26.3 Å². The number of rotatable bonds is 2. The first-order valence-electron chi connectivity index (χ1n) is 4.71. The van der Waals surface area contributed by atoms with Gasteiger partial charge >= 0.3 is 18.0 Å². The van der Waals surface area contributed by atoms with Crippen molar-refractivity contribution in [2.75, 3.05) is 12.0 Å². The summed E-state index contributed by atoms with van der Waals surface area (Å²) in [5.41, 5.74) is -1.62. The van der Waals surface area contributed by atoms with Crippen LogP contribution in [0.2, 0.25) is 0 Å². The third-order valence-corrected chi connectivity index (χ3v) is 3.21. The minimum Gasteiger partial charge on any atom is -0.398 e. The van der Waals surface area contributed by atoms with E-state index in [4.69, 9.17) is 5.73 Å². The third kappa shape index (κ3) is 2.60. The molecule has 108 valence electrons. The zero-order chi connectivity index (χ0) is 15.1. The summed E-state index contributed by atoms with van der Waals surface area (Å²) in [6.45, 7) is 0. The van der Waals surface area contributed by atoms with E-state index in [-0.39, 0.29) is 10.6 Å². The van der Waals surface area contributed by atoms with Crippen LogP contribution in [0, 0.1) is 0 Å². The van der Waals surface area contributed by atoms with Crippen LogP contribution in [0.1, 0.15) is 5.56 Å². The Morgan fingerprint density at radius 1 is 0.947 bits per heavy atom. The zero-order valence-corrected chi connectivity index (χ0v) is 10.2. The first-order chi connectivity index (χ1) is 8.45. The van der Waals surface area contributed by atoms with Crippen LogP contribution in [-0.4, -0.2) is 18.6 Å². The second kappa shape index (κ2) is 4.77. The highest BCUT2D eigenvalue weighted by atomic mass is 32.2. The Balaban J connectivity index is 3.52. The molecule has 0 aliphatic rings. The maximum Gasteiger partial charge on any atom is 0.435 e. The highest BCUT2D eigenvalue weighted by Crippen LogP contribution is 2.53. The Hall–Kier alpha value is -1.12. The van der Waals surface area contributed by atoms with Crippen molar-refractivity contribution in [1.29, 1.82) is 0 Å². The van der Waals surface area contributed by atoms with Gasteiger partial charge in [-0.25, -0.2) is 4.39 Å². The van der Waals surface area contributed by atoms with Crippen molar-refractivity contribution in [3.8, 4) is 0 Å². The molecule has 1 nitrogen and oxygen atoms in total. The van der Waals surface area contributed by atoms with Crippen LogP contribution in [0.15, 0.2) is 23.1 Å². The molecule has 0 atom stereocenters. The summed E-state index contributed by atoms with van der Waals surface area (Å²) in [6, 6.07) is 1.66. The van der Waals surface area contributed by atoms with Crippen molar-refractivity contribution in [2.24, 2.45) is 0 Å². The van der Waals surface area contributed by atoms with E-state index in [0.29, 0.717) is 12.1 Å². The van der Waals surface area contributed by atoms with Gasteiger partial charge in [0.15, 0.2) is 0 Å². The topological polar surface area (TPSA) is 26.0 Å². The molecule has 1 aromatic carbocycles. The number of hydrogen-bond donors (Lipinski definition) is 1. The van der Waals surface area contributed by atoms with E-state index in [1.165, 1.54) is 6.26 Å². The van der Waals surface area contributed by atoms with E-state index < -0.39 is 23.6 Å². The van der Waals surface area contributed by atoms with E-state index in [2.05, 4.69) is 0 Å². The number of thioether (sulfide) groups is 1. The van der Waals surface area contributed by atoms with Crippen LogP contribution >= 0.6 is 11.8 Å². The molecule has 0 saturated heterocycles. The molecule has 0 bridgehead atoms. The average molecular weight is 307 g/mol. The predicted molar refractivity (Wildman–Crippen MR) is 57.5 cm³/mol. The summed E-state index contributed by atoms with van der Waals surface area (Å²) >= 11 is 0.821. The summed E-state index contributed by atoms with van der Waals surface area (Å²) in [5.74, 6) is 0. The number of benzene rings is 1. The Bertz CT molecular complexity index is 452. The van der Waals surface area contributed by atoms with Crippen molar-refractivity contribution in [3.63, 3.8) is 0 Å². The number of hydrogen-bond acceptors (Lipinski definition) is 2. The van der Waals surface area contributed by atoms with Crippen LogP contribution in [-0.2, 0) is 5.67 Å². The van der Waals surface area contributed by atoms with Gasteiger partial charge in [-0.3, -0.25) is 0 Å². The molecule has 0 radical (unpaired) electrons. The molecule has 0 fully saturated rings. The second-order valence-corrected chi connectivity index (χ2v) is 4.46. The van der Waals surface area contributed by atoms with Crippen LogP contribution in [0.3, 0.4) is 0 Å². The van der Waals surface area contributed by atoms with Crippen molar-refractivity contribution in [3.05, 3.63) is 23.8 Å². The Kier molecular flexibility index (Phi) is 4.00. The first-order valence-corrected chi connectivity index (χ1v) is 5.94. The third-order valence-electron chi connectivity index (χ3n) is 2.41. The molecule has 0 amide bonds. The van der Waals surface area contributed by atoms with Gasteiger partial charge in [0, 0.05) is 16.1 Å². The fourth-order valence-corrected chi connectivity index (χ4v) is 1.96. The fourth-order valence-electron chi connectivity index (χ4n) is 1.41. The molecular weight excluding hydrogens is 299 g/mol. The Labute approximate surface area is 108 Å². The molecule has 0 aliphatic carbocycles. The zero-order valence-electron chi connectivity index (χ0n) is 9.36. The van der Waals surface area contributed by atoms with Crippen molar-refractivity contribution < 1.29 is 30.7 Å². The van der Waals surface area contributed by atoms with E-state index in [9.17, 15) is 30.7 Å². The van der Waals surface area contributed by atoms with Gasteiger partial charge in [-0.1, -0.05) is 6.07 Å². The van der Waals surface area contributed by atoms with E-state index in [1.807, 2.05) is 0 Å². The SMILES string of the molecule is CSc1cc(C(F)(C(F)(F)F)C(F)(F)F)ccc1N. The molecule has 1 rings (SSSR count). The lowest BCUT2D eigenvalue weighted by Crippen LogP contribution is -2.50. The monoisotopic (exact) mass is 307 g/mol. The molecule has 0 heterocycles. The average Bonchev–Trinajstić information content (AvgIpc) is 2.25. The summed E-state index contributed by atoms with van der Waals surface area (Å²) in [4.78, 5) is -0.0620. The lowest BCUT2D eigenvalue weighted by Gasteiger charge is -2.30. The van der Waals surface area contributed by atoms with Crippen LogP contribution < -0.4 is 5.73 Å². The smallest absolute Gasteiger partial charge is 0.398 e. The molecular formula is C10H8F7NS. The van der Waals surface area contributed by atoms with Crippen molar-refractivity contribution in [2.45, 2.75) is 22.9 Å². The largest absolute Gasteiger partial charge is 0.435 e. The Morgan fingerprint density at radius 2 is 1.42 bits per heavy atom. The number of nitrogen functional groups attached to an aromatic ring is 1. The van der Waals surface area contributed by atoms with Crippen LogP contribution in [0.5, 0.6) is 0 Å². The highest BCUT2D eigenvalue weighted by Gasteiger charge is 2.73. The summed E-state index contributed by atoms with van der Waals surface area (Å²) in [6.07, 6.45) is -10.8. The standard InChI is InChI=1S/C10H8F7NS/c1-19-7-4-5(2-3-6(7)18)8(11,9(12,13)14)10(15,16)17/h2-4H,18H2,1H3. The number of nitrogens with two attached hydrogens (primary N) is 1. The van der Waals surface area contributed by atoms with Gasteiger partial charge in [-0.05, 0) is 18.4 Å². The first kappa shape index (κ1) is 15.9. The quantitative estimate of drug-likeness (QED) is 0.501. The minimum atomic E-state index is -6.11. The van der Waals surface area contributed by atoms with E-state index in [0.717, 1.165) is 17.8 Å². The molecule has 0 spiro atoms. The number of alkyl halides is 7. The maximum atomic E-state index is 13.7. The van der Waals surface area contributed by atoms with E-state index in [1.54, 1.807) is 0 Å². The molecule has 0 aromatic heterocycles. The van der Waals surface area contributed by atoms with Crippen LogP contribution in [0.25, 0.3) is 0 Å². The fraction of sp³-hybridized carbons (Fsp3) is 0.400. The number of anilines is 1. The lowest BCUT2D eigenvalue weighted by molar-refractivity contribution is -0.348. The summed E-state index contributed by atoms with van der Waals surface area (Å²) < 4.78 is 88.6. The molecule has 9 heteroatoms. The van der Waals surface area contributed by atoms with Gasteiger partial charge < -0.3 is 5.73 Å². The molecule has 0 saturated carbocycles. The second-order valence-electron chi connectivity index (χ2n) is 3.61. The summed E-state index contributed by atoms with van der Waals surface area (Å²) in [7, 11) is 0. The molecule has 0 unspecified atom stereocenters. The van der Waals surface area contributed by atoms with E-state index >= 15 is 0 Å². The Morgan fingerprint density at radius 3 is 1.79 bits per heavy atom. The lowest BCUT2D eigenvalue weighted by atomic mass is 9.94. The molecule has 2 N–H and O–H groups in total. The molecule has 19 heavy (non-hydrogen) atoms. The minimum absolute atomic E-state index is 0.0250. The molecule has 1 aromatic rings. The van der Waals surface area contributed by atoms with Crippen LogP contribution in [0.4, 0.5) is 36.4 Å². The highest BCUT2D eigenvalue weighted by molar-refractivity contribution is 7.98. The van der Waals surface area contributed by atoms with Gasteiger partial charge in [0.05, 0.1) is 0 Å². The van der Waals surface area contributed by atoms with Gasteiger partial charge in [0.1, 0.15) is 0 Å². The predicted octanol–water partition coefficient (Wildman–Crippen LogP) is 4.28. The maximum absolute atomic E-state index is 13.7. The summed E-state index contributed by atoms with van der Waals surface area (Å²) in [5, 5.41) is 0.